The summed E-state index contributed by atoms with van der Waals surface area (Å²) in [6, 6.07) is 7.89. The second kappa shape index (κ2) is 6.06. The van der Waals surface area contributed by atoms with Crippen LogP contribution >= 0.6 is 0 Å². The van der Waals surface area contributed by atoms with Crippen LogP contribution in [0.3, 0.4) is 0 Å². The van der Waals surface area contributed by atoms with Crippen LogP contribution in [-0.4, -0.2) is 41.2 Å². The summed E-state index contributed by atoms with van der Waals surface area (Å²) in [5.74, 6) is 0.825. The molecule has 1 atom stereocenters. The van der Waals surface area contributed by atoms with E-state index >= 15 is 0 Å². The third-order valence-corrected chi connectivity index (χ3v) is 3.39. The Labute approximate surface area is 114 Å². The number of hydrogen-bond acceptors (Lipinski definition) is 3. The molecule has 1 aromatic carbocycles. The molecule has 1 heterocycles. The number of para-hydroxylation sites is 1. The van der Waals surface area contributed by atoms with E-state index in [1.807, 2.05) is 38.1 Å². The first-order valence-corrected chi connectivity index (χ1v) is 6.79. The standard InChI is InChI=1S/C15H21NO3/c1-11(2)16(8-5-9-17)15(18)14-10-12-6-3-4-7-13(12)19-14/h3-4,6-7,11,14,17H,5,8-10H2,1-2H3. The van der Waals surface area contributed by atoms with Gasteiger partial charge in [-0.2, -0.15) is 0 Å². The molecule has 104 valence electrons. The fraction of sp³-hybridized carbons (Fsp3) is 0.533. The molecule has 1 aliphatic rings. The molecule has 0 aromatic heterocycles. The maximum Gasteiger partial charge on any atom is 0.264 e. The lowest BCUT2D eigenvalue weighted by atomic mass is 10.1. The van der Waals surface area contributed by atoms with Crippen molar-refractivity contribution in [2.24, 2.45) is 0 Å². The molecule has 0 fully saturated rings. The largest absolute Gasteiger partial charge is 0.480 e. The highest BCUT2D eigenvalue weighted by atomic mass is 16.5. The highest BCUT2D eigenvalue weighted by Crippen LogP contribution is 2.29. The third-order valence-electron chi connectivity index (χ3n) is 3.39. The zero-order valence-electron chi connectivity index (χ0n) is 11.5. The van der Waals surface area contributed by atoms with Crippen molar-refractivity contribution in [1.29, 1.82) is 0 Å². The molecule has 0 saturated heterocycles. The summed E-state index contributed by atoms with van der Waals surface area (Å²) < 4.78 is 5.73. The van der Waals surface area contributed by atoms with E-state index in [4.69, 9.17) is 9.84 Å². The van der Waals surface area contributed by atoms with Crippen molar-refractivity contribution in [2.75, 3.05) is 13.2 Å². The Kier molecular flexibility index (Phi) is 4.43. The van der Waals surface area contributed by atoms with Crippen molar-refractivity contribution in [3.05, 3.63) is 29.8 Å². The van der Waals surface area contributed by atoms with Crippen LogP contribution < -0.4 is 4.74 Å². The first-order chi connectivity index (χ1) is 9.13. The van der Waals surface area contributed by atoms with Crippen molar-refractivity contribution in [3.8, 4) is 5.75 Å². The number of aliphatic hydroxyl groups is 1. The zero-order valence-corrected chi connectivity index (χ0v) is 11.5. The minimum absolute atomic E-state index is 0.0136. The van der Waals surface area contributed by atoms with Crippen LogP contribution in [0.1, 0.15) is 25.8 Å². The van der Waals surface area contributed by atoms with Gasteiger partial charge in [0.05, 0.1) is 0 Å². The van der Waals surface area contributed by atoms with E-state index in [2.05, 4.69) is 0 Å². The van der Waals surface area contributed by atoms with Gasteiger partial charge in [0.25, 0.3) is 5.91 Å². The molecule has 0 bridgehead atoms. The van der Waals surface area contributed by atoms with Gasteiger partial charge in [0.15, 0.2) is 6.10 Å². The number of nitrogens with zero attached hydrogens (tertiary/aromatic N) is 1. The quantitative estimate of drug-likeness (QED) is 0.878. The molecule has 1 aromatic rings. The van der Waals surface area contributed by atoms with Gasteiger partial charge in [0.2, 0.25) is 0 Å². The number of fused-ring (bicyclic) bond motifs is 1. The summed E-state index contributed by atoms with van der Waals surface area (Å²) in [6.45, 7) is 4.64. The van der Waals surface area contributed by atoms with Crippen LogP contribution in [0.5, 0.6) is 5.75 Å². The van der Waals surface area contributed by atoms with E-state index in [0.29, 0.717) is 19.4 Å². The van der Waals surface area contributed by atoms with Gasteiger partial charge in [-0.15, -0.1) is 0 Å². The summed E-state index contributed by atoms with van der Waals surface area (Å²) >= 11 is 0. The van der Waals surface area contributed by atoms with Gasteiger partial charge in [0, 0.05) is 25.6 Å². The molecular weight excluding hydrogens is 242 g/mol. The Hall–Kier alpha value is -1.55. The predicted molar refractivity (Wildman–Crippen MR) is 73.1 cm³/mol. The van der Waals surface area contributed by atoms with Crippen molar-refractivity contribution in [3.63, 3.8) is 0 Å². The van der Waals surface area contributed by atoms with Gasteiger partial charge < -0.3 is 14.7 Å². The second-order valence-electron chi connectivity index (χ2n) is 5.12. The number of benzene rings is 1. The number of aliphatic hydroxyl groups excluding tert-OH is 1. The normalized spacial score (nSPS) is 17.2. The fourth-order valence-corrected chi connectivity index (χ4v) is 2.37. The lowest BCUT2D eigenvalue weighted by molar-refractivity contribution is -0.139. The fourth-order valence-electron chi connectivity index (χ4n) is 2.37. The van der Waals surface area contributed by atoms with Crippen molar-refractivity contribution >= 4 is 5.91 Å². The zero-order chi connectivity index (χ0) is 13.8. The Morgan fingerprint density at radius 1 is 1.47 bits per heavy atom. The monoisotopic (exact) mass is 263 g/mol. The van der Waals surface area contributed by atoms with Gasteiger partial charge in [-0.1, -0.05) is 18.2 Å². The Balaban J connectivity index is 2.04. The number of ether oxygens (including phenoxy) is 1. The molecule has 19 heavy (non-hydrogen) atoms. The van der Waals surface area contributed by atoms with Crippen molar-refractivity contribution in [2.45, 2.75) is 38.8 Å². The lowest BCUT2D eigenvalue weighted by Gasteiger charge is -2.28. The summed E-state index contributed by atoms with van der Waals surface area (Å²) in [4.78, 5) is 14.3. The average Bonchev–Trinajstić information content (AvgIpc) is 2.82. The summed E-state index contributed by atoms with van der Waals surface area (Å²) in [6.07, 6.45) is 0.819. The van der Waals surface area contributed by atoms with Crippen LogP contribution in [0.15, 0.2) is 24.3 Å². The molecule has 1 amide bonds. The summed E-state index contributed by atoms with van der Waals surface area (Å²) in [7, 11) is 0. The Bertz CT molecular complexity index is 420. The number of carbonyl (C=O) groups excluding carboxylic acids is 1. The molecule has 4 heteroatoms. The number of rotatable bonds is 5. The van der Waals surface area contributed by atoms with Crippen molar-refractivity contribution < 1.29 is 14.6 Å². The smallest absolute Gasteiger partial charge is 0.264 e. The summed E-state index contributed by atoms with van der Waals surface area (Å²) in [5, 5.41) is 8.92. The van der Waals surface area contributed by atoms with Crippen LogP contribution in [-0.2, 0) is 11.2 Å². The summed E-state index contributed by atoms with van der Waals surface area (Å²) in [5.41, 5.74) is 1.09. The molecule has 0 spiro atoms. The van der Waals surface area contributed by atoms with E-state index in [-0.39, 0.29) is 18.6 Å². The van der Waals surface area contributed by atoms with E-state index in [1.54, 1.807) is 4.90 Å². The predicted octanol–water partition coefficient (Wildman–Crippen LogP) is 1.61. The first-order valence-electron chi connectivity index (χ1n) is 6.79. The topological polar surface area (TPSA) is 49.8 Å². The van der Waals surface area contributed by atoms with Crippen LogP contribution in [0, 0.1) is 0 Å². The van der Waals surface area contributed by atoms with E-state index < -0.39 is 6.10 Å². The van der Waals surface area contributed by atoms with Gasteiger partial charge in [-0.3, -0.25) is 4.79 Å². The van der Waals surface area contributed by atoms with Crippen molar-refractivity contribution in [1.82, 2.24) is 4.90 Å². The second-order valence-corrected chi connectivity index (χ2v) is 5.12. The number of carbonyl (C=O) groups is 1. The lowest BCUT2D eigenvalue weighted by Crippen LogP contribution is -2.45. The van der Waals surface area contributed by atoms with Gasteiger partial charge in [-0.25, -0.2) is 0 Å². The van der Waals surface area contributed by atoms with E-state index in [9.17, 15) is 4.79 Å². The highest BCUT2D eigenvalue weighted by molar-refractivity contribution is 5.83. The first kappa shape index (κ1) is 13.9. The Morgan fingerprint density at radius 3 is 2.84 bits per heavy atom. The van der Waals surface area contributed by atoms with Crippen LogP contribution in [0.2, 0.25) is 0 Å². The molecule has 4 nitrogen and oxygen atoms in total. The molecule has 0 saturated carbocycles. The SMILES string of the molecule is CC(C)N(CCCO)C(=O)C1Cc2ccccc2O1. The molecule has 2 rings (SSSR count). The van der Waals surface area contributed by atoms with E-state index in [0.717, 1.165) is 11.3 Å². The number of hydrogen-bond donors (Lipinski definition) is 1. The molecule has 1 unspecified atom stereocenters. The van der Waals surface area contributed by atoms with Crippen LogP contribution in [0.4, 0.5) is 0 Å². The molecule has 0 radical (unpaired) electrons. The minimum atomic E-state index is -0.418. The third kappa shape index (κ3) is 3.07. The maximum atomic E-state index is 12.5. The Morgan fingerprint density at radius 2 is 2.21 bits per heavy atom. The van der Waals surface area contributed by atoms with Gasteiger partial charge in [0.1, 0.15) is 5.75 Å². The maximum absolute atomic E-state index is 12.5. The van der Waals surface area contributed by atoms with Gasteiger partial charge in [-0.05, 0) is 31.9 Å². The molecular formula is C15H21NO3. The van der Waals surface area contributed by atoms with Crippen LogP contribution in [0.25, 0.3) is 0 Å². The molecule has 1 N–H and O–H groups in total. The minimum Gasteiger partial charge on any atom is -0.480 e. The van der Waals surface area contributed by atoms with Gasteiger partial charge >= 0.3 is 0 Å². The molecule has 0 aliphatic carbocycles. The average molecular weight is 263 g/mol. The van der Waals surface area contributed by atoms with E-state index in [1.165, 1.54) is 0 Å². The molecule has 1 aliphatic heterocycles. The highest BCUT2D eigenvalue weighted by Gasteiger charge is 2.32. The number of amides is 1.